The first-order valence-electron chi connectivity index (χ1n) is 6.38. The highest BCUT2D eigenvalue weighted by atomic mass is 15.1. The van der Waals surface area contributed by atoms with Crippen LogP contribution in [-0.2, 0) is 0 Å². The van der Waals surface area contributed by atoms with Gasteiger partial charge in [-0.1, -0.05) is 13.0 Å². The first-order chi connectivity index (χ1) is 9.17. The Morgan fingerprint density at radius 3 is 2.74 bits per heavy atom. The predicted molar refractivity (Wildman–Crippen MR) is 79.5 cm³/mol. The van der Waals surface area contributed by atoms with Crippen molar-refractivity contribution in [3.63, 3.8) is 0 Å². The van der Waals surface area contributed by atoms with Crippen molar-refractivity contribution in [2.45, 2.75) is 26.3 Å². The van der Waals surface area contributed by atoms with E-state index in [1.165, 1.54) is 0 Å². The van der Waals surface area contributed by atoms with Crippen LogP contribution in [0.2, 0.25) is 0 Å². The minimum atomic E-state index is 0.384. The maximum Gasteiger partial charge on any atom is 0.135 e. The molecular weight excluding hydrogens is 238 g/mol. The van der Waals surface area contributed by atoms with Crippen molar-refractivity contribution in [1.82, 2.24) is 9.97 Å². The van der Waals surface area contributed by atoms with Gasteiger partial charge in [0.2, 0.25) is 0 Å². The molecule has 0 saturated carbocycles. The second kappa shape index (κ2) is 6.04. The number of nitrogen functional groups attached to an aromatic ring is 1. The Bertz CT molecular complexity index is 541. The molecule has 1 aromatic heterocycles. The SMILES string of the molecule is CCC(C)Nc1cc(Nc2cccc(N)c2)ncn1. The van der Waals surface area contributed by atoms with Crippen LogP contribution in [0, 0.1) is 0 Å². The molecular formula is C14H19N5. The molecule has 0 aliphatic rings. The molecule has 2 rings (SSSR count). The van der Waals surface area contributed by atoms with E-state index in [9.17, 15) is 0 Å². The standard InChI is InChI=1S/C14H19N5/c1-3-10(2)18-13-8-14(17-9-16-13)19-12-6-4-5-11(15)7-12/h4-10H,3,15H2,1-2H3,(H2,16,17,18,19). The molecule has 4 N–H and O–H groups in total. The largest absolute Gasteiger partial charge is 0.399 e. The molecule has 0 fully saturated rings. The summed E-state index contributed by atoms with van der Waals surface area (Å²) in [7, 11) is 0. The zero-order valence-corrected chi connectivity index (χ0v) is 11.2. The van der Waals surface area contributed by atoms with Gasteiger partial charge in [0.1, 0.15) is 18.0 Å². The summed E-state index contributed by atoms with van der Waals surface area (Å²) in [5.74, 6) is 1.56. The van der Waals surface area contributed by atoms with Crippen LogP contribution in [0.4, 0.5) is 23.0 Å². The Morgan fingerprint density at radius 2 is 2.00 bits per heavy atom. The third-order valence-electron chi connectivity index (χ3n) is 2.83. The minimum Gasteiger partial charge on any atom is -0.399 e. The molecule has 1 atom stereocenters. The fourth-order valence-electron chi connectivity index (χ4n) is 1.62. The van der Waals surface area contributed by atoms with Crippen LogP contribution >= 0.6 is 0 Å². The van der Waals surface area contributed by atoms with Gasteiger partial charge in [0.15, 0.2) is 0 Å². The lowest BCUT2D eigenvalue weighted by Crippen LogP contribution is -2.14. The van der Waals surface area contributed by atoms with Crippen molar-refractivity contribution in [3.8, 4) is 0 Å². The molecule has 0 aliphatic carbocycles. The van der Waals surface area contributed by atoms with Gasteiger partial charge in [0, 0.05) is 23.5 Å². The molecule has 5 nitrogen and oxygen atoms in total. The maximum absolute atomic E-state index is 5.74. The van der Waals surface area contributed by atoms with Crippen molar-refractivity contribution in [3.05, 3.63) is 36.7 Å². The summed E-state index contributed by atoms with van der Waals surface area (Å²) in [6, 6.07) is 9.83. The van der Waals surface area contributed by atoms with Crippen molar-refractivity contribution >= 4 is 23.0 Å². The highest BCUT2D eigenvalue weighted by molar-refractivity contribution is 5.62. The molecule has 0 bridgehead atoms. The Morgan fingerprint density at radius 1 is 1.21 bits per heavy atom. The lowest BCUT2D eigenvalue weighted by molar-refractivity contribution is 0.758. The number of nitrogens with zero attached hydrogens (tertiary/aromatic N) is 2. The third kappa shape index (κ3) is 3.84. The van der Waals surface area contributed by atoms with E-state index in [4.69, 9.17) is 5.73 Å². The van der Waals surface area contributed by atoms with Crippen LogP contribution < -0.4 is 16.4 Å². The summed E-state index contributed by atoms with van der Waals surface area (Å²) in [6.07, 6.45) is 2.58. The second-order valence-corrected chi connectivity index (χ2v) is 4.49. The summed E-state index contributed by atoms with van der Waals surface area (Å²) in [5, 5.41) is 6.52. The zero-order valence-electron chi connectivity index (χ0n) is 11.2. The van der Waals surface area contributed by atoms with E-state index >= 15 is 0 Å². The van der Waals surface area contributed by atoms with E-state index in [0.717, 1.165) is 29.4 Å². The summed E-state index contributed by atoms with van der Waals surface area (Å²) in [6.45, 7) is 4.25. The Labute approximate surface area is 113 Å². The summed E-state index contributed by atoms with van der Waals surface area (Å²) in [5.41, 5.74) is 7.37. The third-order valence-corrected chi connectivity index (χ3v) is 2.83. The number of aromatic nitrogens is 2. The molecule has 0 radical (unpaired) electrons. The molecule has 100 valence electrons. The number of anilines is 4. The quantitative estimate of drug-likeness (QED) is 0.718. The molecule has 0 saturated heterocycles. The van der Waals surface area contributed by atoms with Gasteiger partial charge in [-0.05, 0) is 31.5 Å². The smallest absolute Gasteiger partial charge is 0.135 e. The zero-order chi connectivity index (χ0) is 13.7. The van der Waals surface area contributed by atoms with E-state index in [1.807, 2.05) is 30.3 Å². The first kappa shape index (κ1) is 13.1. The molecule has 0 spiro atoms. The number of benzene rings is 1. The van der Waals surface area contributed by atoms with Crippen LogP contribution in [0.15, 0.2) is 36.7 Å². The van der Waals surface area contributed by atoms with E-state index in [0.29, 0.717) is 6.04 Å². The Hall–Kier alpha value is -2.30. The molecule has 1 heterocycles. The number of hydrogen-bond acceptors (Lipinski definition) is 5. The molecule has 1 unspecified atom stereocenters. The van der Waals surface area contributed by atoms with Crippen LogP contribution in [0.1, 0.15) is 20.3 Å². The van der Waals surface area contributed by atoms with Crippen LogP contribution in [0.25, 0.3) is 0 Å². The van der Waals surface area contributed by atoms with Crippen LogP contribution in [0.3, 0.4) is 0 Å². The van der Waals surface area contributed by atoms with Gasteiger partial charge in [-0.2, -0.15) is 0 Å². The average Bonchev–Trinajstić information content (AvgIpc) is 2.39. The molecule has 0 aliphatic heterocycles. The van der Waals surface area contributed by atoms with E-state index in [2.05, 4.69) is 34.4 Å². The topological polar surface area (TPSA) is 75.9 Å². The Kier molecular flexibility index (Phi) is 4.18. The van der Waals surface area contributed by atoms with Crippen molar-refractivity contribution < 1.29 is 0 Å². The van der Waals surface area contributed by atoms with Gasteiger partial charge in [-0.15, -0.1) is 0 Å². The summed E-state index contributed by atoms with van der Waals surface area (Å²) in [4.78, 5) is 8.39. The van der Waals surface area contributed by atoms with Gasteiger partial charge in [-0.25, -0.2) is 9.97 Å². The maximum atomic E-state index is 5.74. The number of rotatable bonds is 5. The van der Waals surface area contributed by atoms with Gasteiger partial charge < -0.3 is 16.4 Å². The molecule has 5 heteroatoms. The lowest BCUT2D eigenvalue weighted by atomic mass is 10.2. The van der Waals surface area contributed by atoms with E-state index in [-0.39, 0.29) is 0 Å². The normalized spacial score (nSPS) is 11.9. The first-order valence-corrected chi connectivity index (χ1v) is 6.38. The van der Waals surface area contributed by atoms with Crippen molar-refractivity contribution in [2.24, 2.45) is 0 Å². The lowest BCUT2D eigenvalue weighted by Gasteiger charge is -2.13. The number of nitrogens with one attached hydrogen (secondary N) is 2. The predicted octanol–water partition coefficient (Wildman–Crippen LogP) is 3.01. The van der Waals surface area contributed by atoms with Crippen LogP contribution in [0.5, 0.6) is 0 Å². The van der Waals surface area contributed by atoms with Crippen LogP contribution in [-0.4, -0.2) is 16.0 Å². The molecule has 2 aromatic rings. The Balaban J connectivity index is 2.10. The monoisotopic (exact) mass is 257 g/mol. The fraction of sp³-hybridized carbons (Fsp3) is 0.286. The van der Waals surface area contributed by atoms with Gasteiger partial charge >= 0.3 is 0 Å². The molecule has 0 amide bonds. The number of nitrogens with two attached hydrogens (primary N) is 1. The van der Waals surface area contributed by atoms with E-state index < -0.39 is 0 Å². The highest BCUT2D eigenvalue weighted by Crippen LogP contribution is 2.18. The molecule has 1 aromatic carbocycles. The number of hydrogen-bond donors (Lipinski definition) is 3. The van der Waals surface area contributed by atoms with Crippen molar-refractivity contribution in [2.75, 3.05) is 16.4 Å². The second-order valence-electron chi connectivity index (χ2n) is 4.49. The van der Waals surface area contributed by atoms with E-state index in [1.54, 1.807) is 6.33 Å². The average molecular weight is 257 g/mol. The van der Waals surface area contributed by atoms with Gasteiger partial charge in [0.25, 0.3) is 0 Å². The highest BCUT2D eigenvalue weighted by Gasteiger charge is 2.02. The fourth-order valence-corrected chi connectivity index (χ4v) is 1.62. The van der Waals surface area contributed by atoms with Crippen molar-refractivity contribution in [1.29, 1.82) is 0 Å². The summed E-state index contributed by atoms with van der Waals surface area (Å²) < 4.78 is 0. The minimum absolute atomic E-state index is 0.384. The van der Waals surface area contributed by atoms with Gasteiger partial charge in [0.05, 0.1) is 0 Å². The molecule has 19 heavy (non-hydrogen) atoms. The summed E-state index contributed by atoms with van der Waals surface area (Å²) >= 11 is 0. The van der Waals surface area contributed by atoms with Gasteiger partial charge in [-0.3, -0.25) is 0 Å².